The molecule has 0 radical (unpaired) electrons. The van der Waals surface area contributed by atoms with Crippen LogP contribution in [0.2, 0.25) is 0 Å². The number of carbonyl (C=O) groups excluding carboxylic acids is 1. The number of anilines is 1. The molecule has 0 aliphatic carbocycles. The van der Waals surface area contributed by atoms with Gasteiger partial charge in [0, 0.05) is 56.4 Å². The summed E-state index contributed by atoms with van der Waals surface area (Å²) in [5.41, 5.74) is 2.24. The lowest BCUT2D eigenvalue weighted by Crippen LogP contribution is -2.49. The number of amides is 1. The highest BCUT2D eigenvalue weighted by molar-refractivity contribution is 5.89. The van der Waals surface area contributed by atoms with E-state index in [0.717, 1.165) is 35.4 Å². The van der Waals surface area contributed by atoms with Crippen molar-refractivity contribution in [2.75, 3.05) is 37.7 Å². The van der Waals surface area contributed by atoms with Crippen molar-refractivity contribution in [2.45, 2.75) is 20.3 Å². The van der Waals surface area contributed by atoms with Gasteiger partial charge in [0.1, 0.15) is 12.1 Å². The standard InChI is InChI=1S/C23H29N5O2/c1-17(2)15-30-22-13-21(24-16-25-22)27-8-10-28(11-9-27)23(29)12-18-14-26(3)20-7-5-4-6-19(18)20/h4-7,13-14,16-17H,8-12,15H2,1-3H3. The van der Waals surface area contributed by atoms with Crippen LogP contribution in [0.4, 0.5) is 5.82 Å². The molecule has 158 valence electrons. The number of rotatable bonds is 6. The number of benzene rings is 1. The Morgan fingerprint density at radius 1 is 1.13 bits per heavy atom. The van der Waals surface area contributed by atoms with Gasteiger partial charge in [-0.1, -0.05) is 32.0 Å². The van der Waals surface area contributed by atoms with Crippen LogP contribution in [0.15, 0.2) is 42.9 Å². The Labute approximate surface area is 177 Å². The van der Waals surface area contributed by atoms with Crippen molar-refractivity contribution >= 4 is 22.6 Å². The number of nitrogens with zero attached hydrogens (tertiary/aromatic N) is 5. The molecule has 7 heteroatoms. The van der Waals surface area contributed by atoms with Crippen LogP contribution in [0, 0.1) is 5.92 Å². The van der Waals surface area contributed by atoms with Gasteiger partial charge in [-0.05, 0) is 17.5 Å². The fourth-order valence-corrected chi connectivity index (χ4v) is 3.86. The molecule has 1 aliphatic heterocycles. The molecule has 30 heavy (non-hydrogen) atoms. The van der Waals surface area contributed by atoms with E-state index < -0.39 is 0 Å². The molecule has 3 aromatic rings. The van der Waals surface area contributed by atoms with E-state index in [9.17, 15) is 4.79 Å². The SMILES string of the molecule is CC(C)COc1cc(N2CCN(C(=O)Cc3cn(C)c4ccccc34)CC2)ncn1. The molecular formula is C23H29N5O2. The minimum atomic E-state index is 0.176. The van der Waals surface area contributed by atoms with E-state index in [2.05, 4.69) is 51.6 Å². The van der Waals surface area contributed by atoms with Crippen LogP contribution in [0.25, 0.3) is 10.9 Å². The van der Waals surface area contributed by atoms with Gasteiger partial charge in [-0.3, -0.25) is 4.79 Å². The van der Waals surface area contributed by atoms with Crippen molar-refractivity contribution in [3.8, 4) is 5.88 Å². The summed E-state index contributed by atoms with van der Waals surface area (Å²) in [5, 5.41) is 1.15. The normalized spacial score (nSPS) is 14.5. The number of aryl methyl sites for hydroxylation is 1. The van der Waals surface area contributed by atoms with E-state index in [1.807, 2.05) is 30.1 Å². The topological polar surface area (TPSA) is 63.5 Å². The molecular weight excluding hydrogens is 378 g/mol. The first-order chi connectivity index (χ1) is 14.5. The molecule has 2 aromatic heterocycles. The van der Waals surface area contributed by atoms with E-state index in [4.69, 9.17) is 4.74 Å². The Morgan fingerprint density at radius 2 is 1.90 bits per heavy atom. The summed E-state index contributed by atoms with van der Waals surface area (Å²) in [6, 6.07) is 10.1. The molecule has 0 bridgehead atoms. The third-order valence-corrected chi connectivity index (χ3v) is 5.47. The van der Waals surface area contributed by atoms with Crippen molar-refractivity contribution in [3.05, 3.63) is 48.4 Å². The number of carbonyl (C=O) groups is 1. The Hall–Kier alpha value is -3.09. The smallest absolute Gasteiger partial charge is 0.227 e. The number of ether oxygens (including phenoxy) is 1. The van der Waals surface area contributed by atoms with Crippen LogP contribution in [0.3, 0.4) is 0 Å². The number of piperazine rings is 1. The van der Waals surface area contributed by atoms with Crippen molar-refractivity contribution in [2.24, 2.45) is 13.0 Å². The van der Waals surface area contributed by atoms with E-state index in [-0.39, 0.29) is 5.91 Å². The lowest BCUT2D eigenvalue weighted by molar-refractivity contribution is -0.130. The second-order valence-electron chi connectivity index (χ2n) is 8.25. The Morgan fingerprint density at radius 3 is 2.67 bits per heavy atom. The number of hydrogen-bond donors (Lipinski definition) is 0. The van der Waals surface area contributed by atoms with Crippen LogP contribution in [0.5, 0.6) is 5.88 Å². The van der Waals surface area contributed by atoms with E-state index >= 15 is 0 Å². The first kappa shape index (κ1) is 20.2. The van der Waals surface area contributed by atoms with Crippen LogP contribution >= 0.6 is 0 Å². The van der Waals surface area contributed by atoms with Gasteiger partial charge < -0.3 is 19.1 Å². The zero-order chi connectivity index (χ0) is 21.1. The molecule has 1 amide bonds. The van der Waals surface area contributed by atoms with Crippen LogP contribution < -0.4 is 9.64 Å². The second kappa shape index (κ2) is 8.73. The van der Waals surface area contributed by atoms with Gasteiger partial charge in [-0.25, -0.2) is 9.97 Å². The zero-order valence-corrected chi connectivity index (χ0v) is 17.9. The predicted octanol–water partition coefficient (Wildman–Crippen LogP) is 2.89. The Balaban J connectivity index is 1.36. The summed E-state index contributed by atoms with van der Waals surface area (Å²) in [7, 11) is 2.02. The molecule has 1 aromatic carbocycles. The minimum absolute atomic E-state index is 0.176. The lowest BCUT2D eigenvalue weighted by atomic mass is 10.1. The third kappa shape index (κ3) is 4.40. The molecule has 4 rings (SSSR count). The number of para-hydroxylation sites is 1. The number of hydrogen-bond acceptors (Lipinski definition) is 5. The molecule has 0 unspecified atom stereocenters. The summed E-state index contributed by atoms with van der Waals surface area (Å²) >= 11 is 0. The lowest BCUT2D eigenvalue weighted by Gasteiger charge is -2.35. The molecule has 3 heterocycles. The van der Waals surface area contributed by atoms with E-state index in [1.54, 1.807) is 6.33 Å². The maximum Gasteiger partial charge on any atom is 0.227 e. The summed E-state index contributed by atoms with van der Waals surface area (Å²) < 4.78 is 7.80. The van der Waals surface area contributed by atoms with Gasteiger partial charge in [-0.15, -0.1) is 0 Å². The predicted molar refractivity (Wildman–Crippen MR) is 118 cm³/mol. The molecule has 1 aliphatic rings. The van der Waals surface area contributed by atoms with Crippen molar-refractivity contribution < 1.29 is 9.53 Å². The highest BCUT2D eigenvalue weighted by Gasteiger charge is 2.23. The summed E-state index contributed by atoms with van der Waals surface area (Å²) in [6.45, 7) is 7.73. The quantitative estimate of drug-likeness (QED) is 0.629. The summed E-state index contributed by atoms with van der Waals surface area (Å²) in [6.07, 6.45) is 4.05. The molecule has 0 atom stereocenters. The number of aromatic nitrogens is 3. The molecule has 1 fully saturated rings. The van der Waals surface area contributed by atoms with Crippen molar-refractivity contribution in [1.82, 2.24) is 19.4 Å². The third-order valence-electron chi connectivity index (χ3n) is 5.47. The van der Waals surface area contributed by atoms with E-state index in [1.165, 1.54) is 0 Å². The second-order valence-corrected chi connectivity index (χ2v) is 8.25. The highest BCUT2D eigenvalue weighted by Crippen LogP contribution is 2.22. The van der Waals surface area contributed by atoms with Crippen molar-refractivity contribution in [1.29, 1.82) is 0 Å². The van der Waals surface area contributed by atoms with E-state index in [0.29, 0.717) is 37.9 Å². The molecule has 0 spiro atoms. The summed E-state index contributed by atoms with van der Waals surface area (Å²) in [4.78, 5) is 25.6. The first-order valence-electron chi connectivity index (χ1n) is 10.5. The van der Waals surface area contributed by atoms with Crippen LogP contribution in [0.1, 0.15) is 19.4 Å². The fourth-order valence-electron chi connectivity index (χ4n) is 3.86. The molecule has 1 saturated heterocycles. The average Bonchev–Trinajstić information content (AvgIpc) is 3.08. The summed E-state index contributed by atoms with van der Waals surface area (Å²) in [5.74, 6) is 2.07. The molecule has 7 nitrogen and oxygen atoms in total. The largest absolute Gasteiger partial charge is 0.477 e. The zero-order valence-electron chi connectivity index (χ0n) is 17.9. The van der Waals surface area contributed by atoms with Gasteiger partial charge in [-0.2, -0.15) is 0 Å². The van der Waals surface area contributed by atoms with Gasteiger partial charge in [0.05, 0.1) is 13.0 Å². The molecule has 0 saturated carbocycles. The van der Waals surface area contributed by atoms with Crippen molar-refractivity contribution in [3.63, 3.8) is 0 Å². The van der Waals surface area contributed by atoms with Crippen LogP contribution in [-0.2, 0) is 18.3 Å². The Kier molecular flexibility index (Phi) is 5.88. The van der Waals surface area contributed by atoms with Gasteiger partial charge >= 0.3 is 0 Å². The number of fused-ring (bicyclic) bond motifs is 1. The van der Waals surface area contributed by atoms with Gasteiger partial charge in [0.25, 0.3) is 0 Å². The average molecular weight is 408 g/mol. The van der Waals surface area contributed by atoms with Crippen LogP contribution in [-0.4, -0.2) is 58.1 Å². The fraction of sp³-hybridized carbons (Fsp3) is 0.435. The Bertz CT molecular complexity index is 1020. The maximum absolute atomic E-state index is 12.9. The maximum atomic E-state index is 12.9. The first-order valence-corrected chi connectivity index (χ1v) is 10.5. The molecule has 0 N–H and O–H groups in total. The monoisotopic (exact) mass is 407 g/mol. The minimum Gasteiger partial charge on any atom is -0.477 e. The van der Waals surface area contributed by atoms with Gasteiger partial charge in [0.2, 0.25) is 11.8 Å². The highest BCUT2D eigenvalue weighted by atomic mass is 16.5. The van der Waals surface area contributed by atoms with Gasteiger partial charge in [0.15, 0.2) is 0 Å².